The average Bonchev–Trinajstić information content (AvgIpc) is 2.73. The second-order valence-corrected chi connectivity index (χ2v) is 5.00. The monoisotopic (exact) mass is 286 g/mol. The molecule has 0 amide bonds. The highest BCUT2D eigenvalue weighted by Gasteiger charge is 2.19. The van der Waals surface area contributed by atoms with Crippen LogP contribution in [0.1, 0.15) is 11.1 Å². The van der Waals surface area contributed by atoms with E-state index in [9.17, 15) is 0 Å². The van der Waals surface area contributed by atoms with Crippen molar-refractivity contribution in [3.8, 4) is 5.75 Å². The fraction of sp³-hybridized carbons (Fsp3) is 0.500. The molecule has 0 radical (unpaired) electrons. The molecule has 1 heterocycles. The van der Waals surface area contributed by atoms with Crippen molar-refractivity contribution in [1.29, 1.82) is 0 Å². The van der Waals surface area contributed by atoms with Gasteiger partial charge in [0.2, 0.25) is 0 Å². The molecule has 1 aliphatic heterocycles. The summed E-state index contributed by atoms with van der Waals surface area (Å²) in [5.41, 5.74) is 2.27. The summed E-state index contributed by atoms with van der Waals surface area (Å²) >= 11 is 3.47. The lowest BCUT2D eigenvalue weighted by molar-refractivity contribution is 0.149. The summed E-state index contributed by atoms with van der Waals surface area (Å²) in [6, 6.07) is 4.07. The predicted molar refractivity (Wildman–Crippen MR) is 64.7 cm³/mol. The van der Waals surface area contributed by atoms with E-state index in [0.29, 0.717) is 6.42 Å². The molecule has 0 fully saturated rings. The number of rotatable bonds is 4. The lowest BCUT2D eigenvalue weighted by Gasteiger charge is -2.14. The Morgan fingerprint density at radius 3 is 2.75 bits per heavy atom. The third-order valence-corrected chi connectivity index (χ3v) is 3.31. The number of hydrogen-bond acceptors (Lipinski definition) is 3. The second kappa shape index (κ2) is 5.17. The normalized spacial score (nSPS) is 14.0. The van der Waals surface area contributed by atoms with Crippen LogP contribution in [0.5, 0.6) is 5.75 Å². The van der Waals surface area contributed by atoms with Crippen molar-refractivity contribution in [2.45, 2.75) is 12.8 Å². The lowest BCUT2D eigenvalue weighted by atomic mass is 9.98. The van der Waals surface area contributed by atoms with E-state index in [1.165, 1.54) is 5.56 Å². The molecule has 1 aromatic carbocycles. The summed E-state index contributed by atoms with van der Waals surface area (Å²) in [5.74, 6) is 0.831. The van der Waals surface area contributed by atoms with Gasteiger partial charge in [-0.05, 0) is 29.7 Å². The van der Waals surface area contributed by atoms with Gasteiger partial charge in [-0.1, -0.05) is 15.9 Å². The number of fused-ring (bicyclic) bond motifs is 1. The van der Waals surface area contributed by atoms with Crippen LogP contribution in [0.3, 0.4) is 0 Å². The van der Waals surface area contributed by atoms with Crippen molar-refractivity contribution in [2.24, 2.45) is 5.92 Å². The first-order chi connectivity index (χ1) is 7.74. The van der Waals surface area contributed by atoms with E-state index in [1.807, 2.05) is 6.07 Å². The molecular formula is C12H15BrO3. The van der Waals surface area contributed by atoms with Crippen LogP contribution >= 0.6 is 15.9 Å². The van der Waals surface area contributed by atoms with E-state index in [2.05, 4.69) is 22.0 Å². The molecule has 2 N–H and O–H groups in total. The van der Waals surface area contributed by atoms with Gasteiger partial charge in [-0.3, -0.25) is 0 Å². The number of aliphatic hydroxyl groups excluding tert-OH is 2. The molecule has 88 valence electrons. The molecule has 0 saturated heterocycles. The third-order valence-electron chi connectivity index (χ3n) is 2.85. The van der Waals surface area contributed by atoms with Crippen molar-refractivity contribution in [3.05, 3.63) is 27.7 Å². The minimum absolute atomic E-state index is 0.00220. The van der Waals surface area contributed by atoms with E-state index in [1.54, 1.807) is 0 Å². The van der Waals surface area contributed by atoms with Crippen LogP contribution in [-0.4, -0.2) is 30.0 Å². The molecule has 1 aliphatic rings. The zero-order valence-electron chi connectivity index (χ0n) is 8.95. The maximum Gasteiger partial charge on any atom is 0.125 e. The Morgan fingerprint density at radius 2 is 2.06 bits per heavy atom. The summed E-state index contributed by atoms with van der Waals surface area (Å²) in [7, 11) is 0. The van der Waals surface area contributed by atoms with Crippen molar-refractivity contribution in [3.63, 3.8) is 0 Å². The van der Waals surface area contributed by atoms with Crippen molar-refractivity contribution < 1.29 is 14.9 Å². The molecular weight excluding hydrogens is 272 g/mol. The Labute approximate surface area is 103 Å². The Kier molecular flexibility index (Phi) is 3.84. The van der Waals surface area contributed by atoms with E-state index < -0.39 is 0 Å². The van der Waals surface area contributed by atoms with E-state index in [4.69, 9.17) is 14.9 Å². The first-order valence-electron chi connectivity index (χ1n) is 5.40. The molecule has 0 unspecified atom stereocenters. The first kappa shape index (κ1) is 11.9. The Balaban J connectivity index is 2.26. The summed E-state index contributed by atoms with van der Waals surface area (Å²) < 4.78 is 6.62. The highest BCUT2D eigenvalue weighted by molar-refractivity contribution is 9.10. The van der Waals surface area contributed by atoms with Crippen LogP contribution in [0.15, 0.2) is 16.6 Å². The van der Waals surface area contributed by atoms with Crippen molar-refractivity contribution >= 4 is 15.9 Å². The molecule has 0 aliphatic carbocycles. The molecule has 0 aromatic heterocycles. The molecule has 2 rings (SSSR count). The van der Waals surface area contributed by atoms with E-state index in [0.717, 1.165) is 28.8 Å². The summed E-state index contributed by atoms with van der Waals surface area (Å²) in [6.45, 7) is 0.720. The number of ether oxygens (including phenoxy) is 1. The minimum Gasteiger partial charge on any atom is -0.493 e. The standard InChI is InChI=1S/C12H15BrO3/c13-11-4-9-1-2-16-12(9)10(5-11)3-8(6-14)7-15/h4-5,8,14-15H,1-3,6-7H2. The van der Waals surface area contributed by atoms with E-state index >= 15 is 0 Å². The van der Waals surface area contributed by atoms with Crippen LogP contribution in [0.4, 0.5) is 0 Å². The quantitative estimate of drug-likeness (QED) is 0.883. The van der Waals surface area contributed by atoms with Gasteiger partial charge >= 0.3 is 0 Å². The maximum atomic E-state index is 9.09. The van der Waals surface area contributed by atoms with Gasteiger partial charge in [0.15, 0.2) is 0 Å². The first-order valence-corrected chi connectivity index (χ1v) is 6.19. The average molecular weight is 287 g/mol. The van der Waals surface area contributed by atoms with Crippen LogP contribution in [0.2, 0.25) is 0 Å². The Morgan fingerprint density at radius 1 is 1.31 bits per heavy atom. The Hall–Kier alpha value is -0.580. The van der Waals surface area contributed by atoms with Gasteiger partial charge in [0.1, 0.15) is 5.75 Å². The van der Waals surface area contributed by atoms with Gasteiger partial charge in [0, 0.05) is 30.0 Å². The van der Waals surface area contributed by atoms with Gasteiger partial charge in [-0.15, -0.1) is 0 Å². The highest BCUT2D eigenvalue weighted by Crippen LogP contribution is 2.34. The minimum atomic E-state index is -0.109. The number of hydrogen-bond donors (Lipinski definition) is 2. The molecule has 0 spiro atoms. The molecule has 0 atom stereocenters. The largest absolute Gasteiger partial charge is 0.493 e. The fourth-order valence-corrected chi connectivity index (χ4v) is 2.55. The van der Waals surface area contributed by atoms with Crippen LogP contribution in [0.25, 0.3) is 0 Å². The number of aliphatic hydroxyl groups is 2. The highest BCUT2D eigenvalue weighted by atomic mass is 79.9. The molecule has 4 heteroatoms. The summed E-state index contributed by atoms with van der Waals surface area (Å²) in [5, 5.41) is 18.2. The zero-order chi connectivity index (χ0) is 11.5. The smallest absolute Gasteiger partial charge is 0.125 e. The van der Waals surface area contributed by atoms with Crippen LogP contribution in [0, 0.1) is 5.92 Å². The van der Waals surface area contributed by atoms with Crippen molar-refractivity contribution in [2.75, 3.05) is 19.8 Å². The molecule has 3 nitrogen and oxygen atoms in total. The number of halogens is 1. The topological polar surface area (TPSA) is 49.7 Å². The summed E-state index contributed by atoms with van der Waals surface area (Å²) in [4.78, 5) is 0. The number of benzene rings is 1. The molecule has 16 heavy (non-hydrogen) atoms. The molecule has 1 aromatic rings. The van der Waals surface area contributed by atoms with Gasteiger partial charge in [-0.25, -0.2) is 0 Å². The zero-order valence-corrected chi connectivity index (χ0v) is 10.5. The molecule has 0 bridgehead atoms. The second-order valence-electron chi connectivity index (χ2n) is 4.09. The SMILES string of the molecule is OCC(CO)Cc1cc(Br)cc2c1OCC2. The summed E-state index contributed by atoms with van der Waals surface area (Å²) in [6.07, 6.45) is 1.58. The molecule has 0 saturated carbocycles. The fourth-order valence-electron chi connectivity index (χ4n) is 2.00. The van der Waals surface area contributed by atoms with Gasteiger partial charge in [0.25, 0.3) is 0 Å². The van der Waals surface area contributed by atoms with Gasteiger partial charge < -0.3 is 14.9 Å². The maximum absolute atomic E-state index is 9.09. The Bertz CT molecular complexity index is 375. The van der Waals surface area contributed by atoms with Crippen LogP contribution in [-0.2, 0) is 12.8 Å². The lowest BCUT2D eigenvalue weighted by Crippen LogP contribution is -2.14. The van der Waals surface area contributed by atoms with Crippen LogP contribution < -0.4 is 4.74 Å². The predicted octanol–water partition coefficient (Wildman–Crippen LogP) is 1.53. The third kappa shape index (κ3) is 2.39. The van der Waals surface area contributed by atoms with Gasteiger partial charge in [0.05, 0.1) is 6.61 Å². The van der Waals surface area contributed by atoms with E-state index in [-0.39, 0.29) is 19.1 Å². The van der Waals surface area contributed by atoms with Crippen molar-refractivity contribution in [1.82, 2.24) is 0 Å². The van der Waals surface area contributed by atoms with Gasteiger partial charge in [-0.2, -0.15) is 0 Å².